The normalized spacial score (nSPS) is 10.7. The molecule has 21 heavy (non-hydrogen) atoms. The van der Waals surface area contributed by atoms with Crippen LogP contribution in [0.5, 0.6) is 0 Å². The Labute approximate surface area is 119 Å². The summed E-state index contributed by atoms with van der Waals surface area (Å²) in [5.74, 6) is -5.06. The largest absolute Gasteiger partial charge is 0.348 e. The van der Waals surface area contributed by atoms with Crippen LogP contribution in [0.3, 0.4) is 0 Å². The molecule has 0 bridgehead atoms. The summed E-state index contributed by atoms with van der Waals surface area (Å²) in [6, 6.07) is 1.33. The van der Waals surface area contributed by atoms with Gasteiger partial charge in [-0.2, -0.15) is 5.10 Å². The van der Waals surface area contributed by atoms with Crippen LogP contribution in [0, 0.1) is 17.5 Å². The lowest BCUT2D eigenvalue weighted by molar-refractivity contribution is 0.0949. The van der Waals surface area contributed by atoms with Crippen LogP contribution >= 0.6 is 0 Å². The second-order valence-corrected chi connectivity index (χ2v) is 4.56. The molecule has 1 amide bonds. The van der Waals surface area contributed by atoms with Crippen LogP contribution < -0.4 is 5.32 Å². The summed E-state index contributed by atoms with van der Waals surface area (Å²) in [6.45, 7) is 2.11. The van der Waals surface area contributed by atoms with E-state index in [-0.39, 0.29) is 12.1 Å². The number of rotatable bonds is 4. The average Bonchev–Trinajstić information content (AvgIpc) is 2.81. The Kier molecular flexibility index (Phi) is 4.30. The Hall–Kier alpha value is -2.31. The minimum Gasteiger partial charge on any atom is -0.348 e. The standard InChI is InChI=1S/C14H14F3N3O/c1-3-12-9(7-20(2)19-12)6-18-14(21)8-4-10(15)13(17)11(16)5-8/h4-5,7H,3,6H2,1-2H3,(H,18,21). The van der Waals surface area contributed by atoms with Gasteiger partial charge in [0.2, 0.25) is 0 Å². The molecule has 112 valence electrons. The summed E-state index contributed by atoms with van der Waals surface area (Å²) < 4.78 is 40.6. The van der Waals surface area contributed by atoms with Crippen molar-refractivity contribution >= 4 is 5.91 Å². The predicted molar refractivity (Wildman–Crippen MR) is 70.1 cm³/mol. The van der Waals surface area contributed by atoms with Gasteiger partial charge in [-0.3, -0.25) is 9.48 Å². The van der Waals surface area contributed by atoms with Crippen molar-refractivity contribution in [2.24, 2.45) is 7.05 Å². The lowest BCUT2D eigenvalue weighted by atomic mass is 10.1. The lowest BCUT2D eigenvalue weighted by Gasteiger charge is -2.06. The molecule has 0 fully saturated rings. The molecule has 0 unspecified atom stereocenters. The van der Waals surface area contributed by atoms with Gasteiger partial charge in [0.05, 0.1) is 5.69 Å². The summed E-state index contributed by atoms with van der Waals surface area (Å²) in [6.07, 6.45) is 2.46. The third kappa shape index (κ3) is 3.24. The fourth-order valence-electron chi connectivity index (χ4n) is 1.99. The molecular weight excluding hydrogens is 283 g/mol. The number of amides is 1. The highest BCUT2D eigenvalue weighted by Gasteiger charge is 2.15. The van der Waals surface area contributed by atoms with Crippen LogP contribution in [0.4, 0.5) is 13.2 Å². The quantitative estimate of drug-likeness (QED) is 0.880. The zero-order valence-electron chi connectivity index (χ0n) is 11.6. The second kappa shape index (κ2) is 5.99. The van der Waals surface area contributed by atoms with E-state index in [9.17, 15) is 18.0 Å². The van der Waals surface area contributed by atoms with E-state index in [0.29, 0.717) is 18.6 Å². The smallest absolute Gasteiger partial charge is 0.251 e. The Morgan fingerprint density at radius 3 is 2.48 bits per heavy atom. The van der Waals surface area contributed by atoms with Gasteiger partial charge >= 0.3 is 0 Å². The molecule has 1 aromatic heterocycles. The van der Waals surface area contributed by atoms with E-state index >= 15 is 0 Å². The van der Waals surface area contributed by atoms with Gasteiger partial charge in [-0.15, -0.1) is 0 Å². The van der Waals surface area contributed by atoms with Crippen LogP contribution in [0.2, 0.25) is 0 Å². The van der Waals surface area contributed by atoms with Crippen LogP contribution in [0.15, 0.2) is 18.3 Å². The van der Waals surface area contributed by atoms with Gasteiger partial charge in [0.25, 0.3) is 5.91 Å². The van der Waals surface area contributed by atoms with Crippen molar-refractivity contribution in [2.75, 3.05) is 0 Å². The topological polar surface area (TPSA) is 46.9 Å². The molecule has 0 saturated carbocycles. The van der Waals surface area contributed by atoms with E-state index in [4.69, 9.17) is 0 Å². The van der Waals surface area contributed by atoms with Gasteiger partial charge < -0.3 is 5.32 Å². The van der Waals surface area contributed by atoms with Crippen LogP contribution in [0.25, 0.3) is 0 Å². The van der Waals surface area contributed by atoms with Crippen molar-refractivity contribution in [1.29, 1.82) is 0 Å². The maximum atomic E-state index is 13.1. The van der Waals surface area contributed by atoms with E-state index in [1.54, 1.807) is 17.9 Å². The van der Waals surface area contributed by atoms with E-state index in [1.807, 2.05) is 6.92 Å². The lowest BCUT2D eigenvalue weighted by Crippen LogP contribution is -2.23. The van der Waals surface area contributed by atoms with Gasteiger partial charge in [0.1, 0.15) is 0 Å². The maximum Gasteiger partial charge on any atom is 0.251 e. The zero-order chi connectivity index (χ0) is 15.6. The summed E-state index contributed by atoms with van der Waals surface area (Å²) in [7, 11) is 1.76. The first kappa shape index (κ1) is 15.1. The monoisotopic (exact) mass is 297 g/mol. The minimum absolute atomic E-state index is 0.177. The molecule has 4 nitrogen and oxygen atoms in total. The predicted octanol–water partition coefficient (Wildman–Crippen LogP) is 2.33. The molecule has 0 aliphatic heterocycles. The molecule has 0 spiro atoms. The molecule has 1 aromatic carbocycles. The summed E-state index contributed by atoms with van der Waals surface area (Å²) in [5, 5.41) is 6.74. The summed E-state index contributed by atoms with van der Waals surface area (Å²) >= 11 is 0. The number of halogens is 3. The van der Waals surface area contributed by atoms with Crippen LogP contribution in [-0.2, 0) is 20.0 Å². The highest BCUT2D eigenvalue weighted by Crippen LogP contribution is 2.14. The average molecular weight is 297 g/mol. The van der Waals surface area contributed by atoms with Crippen molar-refractivity contribution in [3.05, 3.63) is 52.6 Å². The molecule has 0 aliphatic rings. The van der Waals surface area contributed by atoms with Gasteiger partial charge in [0.15, 0.2) is 17.5 Å². The molecule has 0 saturated heterocycles. The SMILES string of the molecule is CCc1nn(C)cc1CNC(=O)c1cc(F)c(F)c(F)c1. The molecule has 1 N–H and O–H groups in total. The summed E-state index contributed by atoms with van der Waals surface area (Å²) in [4.78, 5) is 11.8. The highest BCUT2D eigenvalue weighted by molar-refractivity contribution is 5.94. The van der Waals surface area contributed by atoms with Crippen molar-refractivity contribution in [3.63, 3.8) is 0 Å². The van der Waals surface area contributed by atoms with E-state index in [1.165, 1.54) is 0 Å². The van der Waals surface area contributed by atoms with Gasteiger partial charge in [0, 0.05) is 30.9 Å². The number of carbonyl (C=O) groups is 1. The van der Waals surface area contributed by atoms with Crippen LogP contribution in [0.1, 0.15) is 28.5 Å². The Bertz CT molecular complexity index is 659. The number of aromatic nitrogens is 2. The van der Waals surface area contributed by atoms with Gasteiger partial charge in [-0.05, 0) is 18.6 Å². The minimum atomic E-state index is -1.59. The molecule has 7 heteroatoms. The third-order valence-electron chi connectivity index (χ3n) is 3.01. The van der Waals surface area contributed by atoms with Crippen molar-refractivity contribution < 1.29 is 18.0 Å². The third-order valence-corrected chi connectivity index (χ3v) is 3.01. The van der Waals surface area contributed by atoms with Crippen molar-refractivity contribution in [1.82, 2.24) is 15.1 Å². The first-order valence-electron chi connectivity index (χ1n) is 6.36. The van der Waals surface area contributed by atoms with Gasteiger partial charge in [-0.25, -0.2) is 13.2 Å². The fraction of sp³-hybridized carbons (Fsp3) is 0.286. The molecule has 2 rings (SSSR count). The first-order chi connectivity index (χ1) is 9.92. The Morgan fingerprint density at radius 1 is 1.29 bits per heavy atom. The number of carbonyl (C=O) groups excluding carboxylic acids is 1. The van der Waals surface area contributed by atoms with E-state index < -0.39 is 23.4 Å². The second-order valence-electron chi connectivity index (χ2n) is 4.56. The van der Waals surface area contributed by atoms with Crippen molar-refractivity contribution in [2.45, 2.75) is 19.9 Å². The number of nitrogens with one attached hydrogen (secondary N) is 1. The molecule has 0 aliphatic carbocycles. The van der Waals surface area contributed by atoms with E-state index in [0.717, 1.165) is 11.3 Å². The number of hydrogen-bond acceptors (Lipinski definition) is 2. The number of benzene rings is 1. The number of aryl methyl sites for hydroxylation is 2. The molecular formula is C14H14F3N3O. The highest BCUT2D eigenvalue weighted by atomic mass is 19.2. The summed E-state index contributed by atoms with van der Waals surface area (Å²) in [5.41, 5.74) is 1.37. The molecule has 2 aromatic rings. The van der Waals surface area contributed by atoms with Crippen LogP contribution in [-0.4, -0.2) is 15.7 Å². The van der Waals surface area contributed by atoms with Crippen molar-refractivity contribution in [3.8, 4) is 0 Å². The maximum absolute atomic E-state index is 13.1. The molecule has 0 atom stereocenters. The number of hydrogen-bond donors (Lipinski definition) is 1. The Balaban J connectivity index is 2.11. The molecule has 0 radical (unpaired) electrons. The zero-order valence-corrected chi connectivity index (χ0v) is 11.6. The van der Waals surface area contributed by atoms with E-state index in [2.05, 4.69) is 10.4 Å². The first-order valence-corrected chi connectivity index (χ1v) is 6.36. The number of nitrogens with zero attached hydrogens (tertiary/aromatic N) is 2. The van der Waals surface area contributed by atoms with Gasteiger partial charge in [-0.1, -0.05) is 6.92 Å². The fourth-order valence-corrected chi connectivity index (χ4v) is 1.99. The molecule has 1 heterocycles. The Morgan fingerprint density at radius 2 is 1.90 bits per heavy atom.